The van der Waals surface area contributed by atoms with Crippen LogP contribution in [0.2, 0.25) is 12.1 Å². The molecular formula is C66H98O33Si2. The number of esters is 18. The summed E-state index contributed by atoms with van der Waals surface area (Å²) >= 11 is 0. The molecule has 9 heterocycles. The molecule has 9 saturated heterocycles. The maximum atomic E-state index is 11.4. The third-order valence-corrected chi connectivity index (χ3v) is 19.7. The van der Waals surface area contributed by atoms with Crippen LogP contribution in [0.25, 0.3) is 0 Å². The van der Waals surface area contributed by atoms with Gasteiger partial charge in [-0.15, -0.1) is 6.42 Å². The van der Waals surface area contributed by atoms with Gasteiger partial charge in [-0.25, -0.2) is 0 Å². The molecule has 0 amide bonds. The summed E-state index contributed by atoms with van der Waals surface area (Å²) in [5.41, 5.74) is 0. The highest BCUT2D eigenvalue weighted by Gasteiger charge is 2.43. The van der Waals surface area contributed by atoms with Crippen molar-refractivity contribution >= 4 is 125 Å². The van der Waals surface area contributed by atoms with Gasteiger partial charge in [-0.3, -0.25) is 86.3 Å². The van der Waals surface area contributed by atoms with Gasteiger partial charge >= 0.3 is 125 Å². The van der Waals surface area contributed by atoms with Gasteiger partial charge in [0.25, 0.3) is 0 Å². The van der Waals surface area contributed by atoms with E-state index >= 15 is 0 Å². The zero-order valence-corrected chi connectivity index (χ0v) is 59.2. The zero-order chi connectivity index (χ0) is 76.4. The first kappa shape index (κ1) is 88.8. The molecule has 0 aromatic rings. The Labute approximate surface area is 599 Å². The summed E-state index contributed by atoms with van der Waals surface area (Å²) in [5.74, 6) is 15.6. The van der Waals surface area contributed by atoms with E-state index in [4.69, 9.17) is 33.0 Å². The van der Waals surface area contributed by atoms with E-state index in [9.17, 15) is 86.3 Å². The van der Waals surface area contributed by atoms with Crippen LogP contribution in [0.5, 0.6) is 0 Å². The van der Waals surface area contributed by atoms with E-state index < -0.39 is 137 Å². The summed E-state index contributed by atoms with van der Waals surface area (Å²) in [6, 6.07) is 1.27. The Balaban J connectivity index is -0.000000116. The Morgan fingerprint density at radius 2 is 0.713 bits per heavy atom. The molecule has 0 radical (unpaired) electrons. The SMILES string of the molecule is C#CC#CC#CC#CC#CC#CC1CC(=O)OC1=O.CC1C(=O)OC(=O)C1C.CC1C(=O)OC1=O.CC1CC(=O)OC1=O.CC1CC(=O)OC1=O.CCO[Si](CCCC1CC(=O)OC1=O)(OCC)OCC.CO[Si](CCCC1CC(=O)OC1=O)(OC)OC.O=C1CC(=O)O1.O=C1CCC(=O)O1.[HH].[HH].[HH].[HH].[HH].[HH].[HH].[HH].[HH].[HH].[HH]. The Hall–Kier alpha value is -10.2. The number of cyclic esters (lactones) is 18. The van der Waals surface area contributed by atoms with E-state index in [1.54, 1.807) is 49.0 Å². The normalized spacial score (nSPS) is 21.6. The molecule has 0 aliphatic carbocycles. The van der Waals surface area contributed by atoms with Gasteiger partial charge in [0.1, 0.15) is 12.3 Å². The summed E-state index contributed by atoms with van der Waals surface area (Å²) in [7, 11) is -0.564. The topological polar surface area (TPSA) is 446 Å². The molecule has 9 aliphatic rings. The van der Waals surface area contributed by atoms with E-state index in [2.05, 4.69) is 108 Å². The average Bonchev–Trinajstić information content (AvgIpc) is 1.82. The zero-order valence-electron chi connectivity index (χ0n) is 57.2. The van der Waals surface area contributed by atoms with E-state index in [-0.39, 0.29) is 103 Å². The summed E-state index contributed by atoms with van der Waals surface area (Å²) in [6.07, 6.45) is 8.83. The lowest BCUT2D eigenvalue weighted by molar-refractivity contribution is -0.183. The molecule has 0 spiro atoms. The van der Waals surface area contributed by atoms with Gasteiger partial charge in [-0.2, -0.15) is 0 Å². The van der Waals surface area contributed by atoms with Crippen LogP contribution in [0.4, 0.5) is 0 Å². The fourth-order valence-electron chi connectivity index (χ4n) is 7.99. The van der Waals surface area contributed by atoms with Crippen molar-refractivity contribution in [3.63, 3.8) is 0 Å². The molecule has 101 heavy (non-hydrogen) atoms. The second-order valence-corrected chi connectivity index (χ2v) is 27.2. The highest BCUT2D eigenvalue weighted by molar-refractivity contribution is 6.61. The minimum absolute atomic E-state index is 0. The number of rotatable bonds is 17. The number of hydrogen-bond donors (Lipinski definition) is 0. The standard InChI is InChI=1S/C16H4O3.C13H24O6Si.C10H18O6Si.C6H8O3.2C5H6O3.2C4H4O3.C3H2O3.11H2/c1-2-3-4-5-6-7-8-9-10-11-12-14-13-15(17)19-16(14)18;1-4-16-20(17-5-2,18-6-3)9-7-8-11-10-12(14)19-13(11)15;1-13-17(14-2,15-3)6-4-5-8-7-9(11)16-10(8)12;1-3-4(2)6(8)9-5(3)7;2*1-3-2-4(6)8-5(3)7;1-2-3(5)7-4(2)6;5-3-1-2-4(6)7-3;4-2-1-3(5)6-2;;;;;;;;;;;/h1,14H,13H2;11H,4-10H2,1-3H3;8H,4-7H2,1-3H3;3-4H,1-2H3;2*3H,2H2,1H3;2H,1H3;1-2H2;1H2;11*1H. The van der Waals surface area contributed by atoms with Crippen molar-refractivity contribution in [2.75, 3.05) is 41.2 Å². The highest BCUT2D eigenvalue weighted by atomic mass is 28.4. The first-order valence-corrected chi connectivity index (χ1v) is 34.8. The molecule has 0 aromatic carbocycles. The molecule has 33 nitrogen and oxygen atoms in total. The van der Waals surface area contributed by atoms with Crippen LogP contribution < -0.4 is 0 Å². The summed E-state index contributed by atoms with van der Waals surface area (Å²) in [5, 5.41) is 0. The predicted octanol–water partition coefficient (Wildman–Crippen LogP) is 4.62. The largest absolute Gasteiger partial charge is 0.500 e. The third kappa shape index (κ3) is 34.4. The molecule has 568 valence electrons. The van der Waals surface area contributed by atoms with E-state index in [0.29, 0.717) is 51.2 Å². The van der Waals surface area contributed by atoms with Crippen molar-refractivity contribution in [1.29, 1.82) is 0 Å². The summed E-state index contributed by atoms with van der Waals surface area (Å²) in [4.78, 5) is 188. The Bertz CT molecular complexity index is 3420. The lowest BCUT2D eigenvalue weighted by Gasteiger charge is -2.28. The van der Waals surface area contributed by atoms with Crippen LogP contribution in [0, 0.1) is 119 Å². The van der Waals surface area contributed by atoms with Crippen molar-refractivity contribution in [3.8, 4) is 71.5 Å². The molecule has 9 rings (SSSR count). The van der Waals surface area contributed by atoms with Crippen molar-refractivity contribution < 1.29 is 171 Å². The fraction of sp³-hybridized carbons (Fsp3) is 0.545. The number of hydrogen-bond acceptors (Lipinski definition) is 33. The number of terminal acetylenes is 1. The van der Waals surface area contributed by atoms with Gasteiger partial charge in [-0.1, -0.05) is 33.6 Å². The maximum Gasteiger partial charge on any atom is 0.500 e. The van der Waals surface area contributed by atoms with Gasteiger partial charge < -0.3 is 69.2 Å². The maximum absolute atomic E-state index is 11.4. The number of carbonyl (C=O) groups is 18. The lowest BCUT2D eigenvalue weighted by atomic mass is 10.00. The molecule has 9 aliphatic heterocycles. The molecule has 7 unspecified atom stereocenters. The van der Waals surface area contributed by atoms with Crippen LogP contribution in [0.3, 0.4) is 0 Å². The Morgan fingerprint density at radius 3 is 0.931 bits per heavy atom. The van der Waals surface area contributed by atoms with E-state index in [1.165, 1.54) is 6.92 Å². The van der Waals surface area contributed by atoms with E-state index in [1.807, 2.05) is 20.8 Å². The second kappa shape index (κ2) is 47.0. The number of carbonyl (C=O) groups excluding carboxylic acids is 18. The molecule has 7 atom stereocenters. The monoisotopic (exact) mass is 1470 g/mol. The van der Waals surface area contributed by atoms with Crippen LogP contribution in [0.15, 0.2) is 0 Å². The van der Waals surface area contributed by atoms with Crippen LogP contribution >= 0.6 is 0 Å². The highest BCUT2D eigenvalue weighted by Crippen LogP contribution is 2.28. The first-order chi connectivity index (χ1) is 47.7. The van der Waals surface area contributed by atoms with Crippen molar-refractivity contribution in [2.45, 2.75) is 145 Å². The Kier molecular flexibility index (Phi) is 41.3. The molecule has 0 aromatic heterocycles. The van der Waals surface area contributed by atoms with Crippen molar-refractivity contribution in [3.05, 3.63) is 0 Å². The molecule has 0 N–H and O–H groups in total. The van der Waals surface area contributed by atoms with Gasteiger partial charge in [0, 0.05) is 68.9 Å². The molecule has 9 fully saturated rings. The van der Waals surface area contributed by atoms with Gasteiger partial charge in [0.2, 0.25) is 0 Å². The van der Waals surface area contributed by atoms with Crippen LogP contribution in [0.1, 0.15) is 148 Å². The average molecular weight is 1480 g/mol. The smallest absolute Gasteiger partial charge is 0.393 e. The lowest BCUT2D eigenvalue weighted by Crippen LogP contribution is -2.46. The molecule has 35 heteroatoms. The van der Waals surface area contributed by atoms with Crippen molar-refractivity contribution in [1.82, 2.24) is 0 Å². The summed E-state index contributed by atoms with van der Waals surface area (Å²) < 4.78 is 70.9. The Morgan fingerprint density at radius 1 is 0.376 bits per heavy atom. The third-order valence-electron chi connectivity index (χ3n) is 13.8. The van der Waals surface area contributed by atoms with Gasteiger partial charge in [0.05, 0.1) is 80.5 Å². The minimum Gasteiger partial charge on any atom is -0.393 e. The quantitative estimate of drug-likeness (QED) is 0.0630. The van der Waals surface area contributed by atoms with Crippen LogP contribution in [-0.4, -0.2) is 166 Å². The van der Waals surface area contributed by atoms with Gasteiger partial charge in [-0.05, 0) is 113 Å². The van der Waals surface area contributed by atoms with E-state index in [0.717, 1.165) is 6.42 Å². The second-order valence-electron chi connectivity index (χ2n) is 21.4. The van der Waals surface area contributed by atoms with Gasteiger partial charge in [0.15, 0.2) is 5.92 Å². The predicted molar refractivity (Wildman–Crippen MR) is 360 cm³/mol. The minimum atomic E-state index is -2.64. The molecule has 0 saturated carbocycles. The number of ether oxygens (including phenoxy) is 9. The fourth-order valence-corrected chi connectivity index (χ4v) is 12.4. The van der Waals surface area contributed by atoms with Crippen LogP contribution in [-0.2, 0) is 155 Å². The molecule has 0 bridgehead atoms. The summed E-state index contributed by atoms with van der Waals surface area (Å²) in [6.45, 7) is 15.6. The first-order valence-electron chi connectivity index (χ1n) is 30.9. The molecular weight excluding hydrogens is 1380 g/mol. The van der Waals surface area contributed by atoms with Crippen molar-refractivity contribution in [2.24, 2.45) is 47.3 Å².